The molecular formula is C10H19N3O4S. The third-order valence-corrected chi connectivity index (χ3v) is 2.74. The van der Waals surface area contributed by atoms with Crippen LogP contribution in [0.5, 0.6) is 0 Å². The van der Waals surface area contributed by atoms with Crippen LogP contribution in [0.15, 0.2) is 0 Å². The zero-order valence-electron chi connectivity index (χ0n) is 10.4. The second kappa shape index (κ2) is 8.62. The highest BCUT2D eigenvalue weighted by Gasteiger charge is 2.20. The van der Waals surface area contributed by atoms with Gasteiger partial charge in [-0.1, -0.05) is 0 Å². The lowest BCUT2D eigenvalue weighted by atomic mass is 10.2. The van der Waals surface area contributed by atoms with Gasteiger partial charge >= 0.3 is 12.0 Å². The van der Waals surface area contributed by atoms with Gasteiger partial charge in [0.15, 0.2) is 0 Å². The molecule has 104 valence electrons. The average molecular weight is 277 g/mol. The summed E-state index contributed by atoms with van der Waals surface area (Å²) < 4.78 is 0. The minimum absolute atomic E-state index is 0.00989. The highest BCUT2D eigenvalue weighted by Crippen LogP contribution is 2.01. The van der Waals surface area contributed by atoms with E-state index in [1.807, 2.05) is 6.26 Å². The summed E-state index contributed by atoms with van der Waals surface area (Å²) in [5, 5.41) is 13.7. The summed E-state index contributed by atoms with van der Waals surface area (Å²) >= 11 is 1.50. The van der Waals surface area contributed by atoms with E-state index < -0.39 is 30.0 Å². The maximum atomic E-state index is 11.5. The molecule has 5 N–H and O–H groups in total. The molecule has 0 aliphatic rings. The number of primary amides is 1. The molecule has 0 bridgehead atoms. The van der Waals surface area contributed by atoms with Crippen molar-refractivity contribution in [3.05, 3.63) is 0 Å². The lowest BCUT2D eigenvalue weighted by Gasteiger charge is -2.17. The van der Waals surface area contributed by atoms with Crippen LogP contribution in [0, 0.1) is 0 Å². The molecule has 0 aliphatic heterocycles. The Morgan fingerprint density at radius 2 is 1.94 bits per heavy atom. The lowest BCUT2D eigenvalue weighted by molar-refractivity contribution is -0.139. The van der Waals surface area contributed by atoms with Gasteiger partial charge in [0.05, 0.1) is 0 Å². The van der Waals surface area contributed by atoms with Crippen LogP contribution in [0.25, 0.3) is 0 Å². The van der Waals surface area contributed by atoms with Crippen LogP contribution >= 0.6 is 11.8 Å². The fourth-order valence-corrected chi connectivity index (χ4v) is 1.74. The number of amides is 3. The van der Waals surface area contributed by atoms with Gasteiger partial charge in [0.1, 0.15) is 6.04 Å². The maximum Gasteiger partial charge on any atom is 0.326 e. The molecule has 0 radical (unpaired) electrons. The van der Waals surface area contributed by atoms with E-state index in [0.29, 0.717) is 12.2 Å². The van der Waals surface area contributed by atoms with Crippen molar-refractivity contribution >= 4 is 29.7 Å². The Bertz CT molecular complexity index is 311. The van der Waals surface area contributed by atoms with Gasteiger partial charge in [0.25, 0.3) is 0 Å². The van der Waals surface area contributed by atoms with Crippen molar-refractivity contribution in [1.82, 2.24) is 10.6 Å². The summed E-state index contributed by atoms with van der Waals surface area (Å²) in [5.74, 6) is -0.976. The van der Waals surface area contributed by atoms with E-state index in [1.54, 1.807) is 6.92 Å². The zero-order valence-corrected chi connectivity index (χ0v) is 11.3. The molecule has 3 amide bonds. The normalized spacial score (nSPS) is 13.4. The Hall–Kier alpha value is -1.44. The number of urea groups is 1. The fourth-order valence-electron chi connectivity index (χ4n) is 1.27. The number of rotatable bonds is 8. The largest absolute Gasteiger partial charge is 0.480 e. The molecule has 8 heteroatoms. The Balaban J connectivity index is 4.16. The van der Waals surface area contributed by atoms with Gasteiger partial charge in [-0.3, -0.25) is 4.79 Å². The number of carboxylic acid groups (broad SMARTS) is 1. The number of aliphatic carboxylic acids is 1. The predicted octanol–water partition coefficient (Wildman–Crippen LogP) is -0.244. The monoisotopic (exact) mass is 277 g/mol. The lowest BCUT2D eigenvalue weighted by Crippen LogP contribution is -2.49. The summed E-state index contributed by atoms with van der Waals surface area (Å²) in [6, 6.07) is -1.98. The first kappa shape index (κ1) is 16.6. The van der Waals surface area contributed by atoms with Crippen LogP contribution in [-0.4, -0.2) is 47.1 Å². The summed E-state index contributed by atoms with van der Waals surface area (Å²) in [4.78, 5) is 33.0. The Morgan fingerprint density at radius 3 is 2.39 bits per heavy atom. The molecule has 0 aromatic carbocycles. The van der Waals surface area contributed by atoms with E-state index >= 15 is 0 Å². The average Bonchev–Trinajstić information content (AvgIpc) is 2.22. The number of hydrogen-bond donors (Lipinski definition) is 4. The number of thioether (sulfide) groups is 1. The fraction of sp³-hybridized carbons (Fsp3) is 0.700. The molecule has 1 unspecified atom stereocenters. The van der Waals surface area contributed by atoms with E-state index in [-0.39, 0.29) is 6.42 Å². The van der Waals surface area contributed by atoms with E-state index in [1.165, 1.54) is 11.8 Å². The number of carboxylic acids is 1. The molecule has 0 aliphatic carbocycles. The van der Waals surface area contributed by atoms with E-state index in [9.17, 15) is 14.4 Å². The van der Waals surface area contributed by atoms with Gasteiger partial charge in [0, 0.05) is 12.5 Å². The summed E-state index contributed by atoms with van der Waals surface area (Å²) in [7, 11) is 0. The van der Waals surface area contributed by atoms with Crippen molar-refractivity contribution in [1.29, 1.82) is 0 Å². The van der Waals surface area contributed by atoms with Gasteiger partial charge in [-0.05, 0) is 25.4 Å². The van der Waals surface area contributed by atoms with E-state index in [0.717, 1.165) is 0 Å². The molecule has 0 rings (SSSR count). The van der Waals surface area contributed by atoms with Crippen molar-refractivity contribution in [3.63, 3.8) is 0 Å². The molecule has 0 saturated heterocycles. The van der Waals surface area contributed by atoms with Crippen LogP contribution in [0.4, 0.5) is 4.79 Å². The van der Waals surface area contributed by atoms with Crippen LogP contribution in [0.2, 0.25) is 0 Å². The smallest absolute Gasteiger partial charge is 0.326 e. The van der Waals surface area contributed by atoms with Crippen LogP contribution in [0.3, 0.4) is 0 Å². The zero-order chi connectivity index (χ0) is 14.1. The van der Waals surface area contributed by atoms with Gasteiger partial charge in [-0.2, -0.15) is 11.8 Å². The van der Waals surface area contributed by atoms with Gasteiger partial charge in [-0.25, -0.2) is 9.59 Å². The van der Waals surface area contributed by atoms with Crippen LogP contribution < -0.4 is 16.4 Å². The highest BCUT2D eigenvalue weighted by atomic mass is 32.2. The molecular weight excluding hydrogens is 258 g/mol. The number of carbonyl (C=O) groups excluding carboxylic acids is 2. The van der Waals surface area contributed by atoms with Crippen LogP contribution in [-0.2, 0) is 9.59 Å². The topological polar surface area (TPSA) is 122 Å². The molecule has 0 aromatic heterocycles. The number of nitrogens with two attached hydrogens (primary N) is 1. The van der Waals surface area contributed by atoms with Gasteiger partial charge in [-0.15, -0.1) is 0 Å². The quantitative estimate of drug-likeness (QED) is 0.487. The second-order valence-corrected chi connectivity index (χ2v) is 4.85. The Kier molecular flexibility index (Phi) is 7.93. The molecule has 7 nitrogen and oxygen atoms in total. The van der Waals surface area contributed by atoms with E-state index in [2.05, 4.69) is 10.6 Å². The van der Waals surface area contributed by atoms with Crippen molar-refractivity contribution < 1.29 is 19.5 Å². The van der Waals surface area contributed by atoms with Crippen molar-refractivity contribution in [2.45, 2.75) is 31.8 Å². The summed E-state index contributed by atoms with van der Waals surface area (Å²) in [6.45, 7) is 1.61. The van der Waals surface area contributed by atoms with Crippen molar-refractivity contribution in [2.24, 2.45) is 5.73 Å². The van der Waals surface area contributed by atoms with Crippen molar-refractivity contribution in [2.75, 3.05) is 12.0 Å². The molecule has 0 spiro atoms. The Labute approximate surface area is 110 Å². The molecule has 0 saturated carbocycles. The minimum atomic E-state index is -1.08. The molecule has 0 heterocycles. The van der Waals surface area contributed by atoms with E-state index in [4.69, 9.17) is 10.8 Å². The third kappa shape index (κ3) is 7.77. The minimum Gasteiger partial charge on any atom is -0.480 e. The first-order valence-electron chi connectivity index (χ1n) is 5.44. The number of nitrogens with one attached hydrogen (secondary N) is 2. The Morgan fingerprint density at radius 1 is 1.33 bits per heavy atom. The molecule has 2 atom stereocenters. The summed E-state index contributed by atoms with van der Waals surface area (Å²) in [6.07, 6.45) is 2.21. The number of carbonyl (C=O) groups is 3. The number of hydrogen-bond acceptors (Lipinski definition) is 4. The second-order valence-electron chi connectivity index (χ2n) is 3.86. The van der Waals surface area contributed by atoms with Gasteiger partial charge in [0.2, 0.25) is 5.91 Å². The van der Waals surface area contributed by atoms with Crippen molar-refractivity contribution in [3.8, 4) is 0 Å². The highest BCUT2D eigenvalue weighted by molar-refractivity contribution is 7.98. The standard InChI is InChI=1S/C10H19N3O4S/c1-6(5-8(11)14)12-10(17)13-7(9(15)16)3-4-18-2/h6-7H,3-5H2,1-2H3,(H2,11,14)(H,15,16)(H2,12,13,17)/t6?,7-/m0/s1. The van der Waals surface area contributed by atoms with Crippen LogP contribution in [0.1, 0.15) is 19.8 Å². The maximum absolute atomic E-state index is 11.5. The first-order chi connectivity index (χ1) is 8.36. The summed E-state index contributed by atoms with van der Waals surface area (Å²) in [5.41, 5.74) is 4.98. The first-order valence-corrected chi connectivity index (χ1v) is 6.83. The SMILES string of the molecule is CSCC[C@H](NC(=O)NC(C)CC(N)=O)C(=O)O. The van der Waals surface area contributed by atoms with Gasteiger partial charge < -0.3 is 21.5 Å². The molecule has 0 aromatic rings. The molecule has 18 heavy (non-hydrogen) atoms. The third-order valence-electron chi connectivity index (χ3n) is 2.10. The predicted molar refractivity (Wildman–Crippen MR) is 69.4 cm³/mol. The molecule has 0 fully saturated rings.